The molecule has 160 valence electrons. The highest BCUT2D eigenvalue weighted by atomic mass is 79.9. The third-order valence-corrected chi connectivity index (χ3v) is 5.62. The molecule has 0 aliphatic rings. The summed E-state index contributed by atoms with van der Waals surface area (Å²) in [5.74, 6) is -0.198. The van der Waals surface area contributed by atoms with Crippen LogP contribution in [0.4, 0.5) is 0 Å². The number of aromatic nitrogens is 1. The van der Waals surface area contributed by atoms with Crippen LogP contribution in [-0.4, -0.2) is 30.5 Å². The molecule has 0 radical (unpaired) electrons. The number of benzene rings is 3. The Morgan fingerprint density at radius 2 is 1.69 bits per heavy atom. The maximum absolute atomic E-state index is 13.0. The molecule has 0 saturated carbocycles. The molecule has 0 unspecified atom stereocenters. The number of carbonyl (C=O) groups is 2. The van der Waals surface area contributed by atoms with Crippen LogP contribution in [0.5, 0.6) is 5.75 Å². The third-order valence-electron chi connectivity index (χ3n) is 4.88. The molecule has 3 aromatic carbocycles. The van der Waals surface area contributed by atoms with E-state index in [1.165, 1.54) is 0 Å². The molecule has 1 aromatic heterocycles. The lowest BCUT2D eigenvalue weighted by atomic mass is 10.0. The lowest BCUT2D eigenvalue weighted by Gasteiger charge is -2.11. The molecular weight excluding hydrogens is 494 g/mol. The number of methoxy groups -OCH3 is 1. The van der Waals surface area contributed by atoms with Gasteiger partial charge in [0.15, 0.2) is 12.4 Å². The zero-order chi connectivity index (χ0) is 22.7. The standard InChI is InChI=1S/C25H17BrClNO4/c1-31-19-9-4-15(5-10-19)23-13-21(20-12-17(26)6-11-22(20)28-23)25(30)32-14-24(29)16-2-7-18(27)8-3-16/h2-13H,14H2,1H3. The molecule has 0 fully saturated rings. The average molecular weight is 511 g/mol. The number of halogens is 2. The van der Waals surface area contributed by atoms with Crippen molar-refractivity contribution in [3.8, 4) is 17.0 Å². The maximum Gasteiger partial charge on any atom is 0.339 e. The van der Waals surface area contributed by atoms with Gasteiger partial charge in [-0.1, -0.05) is 27.5 Å². The van der Waals surface area contributed by atoms with E-state index in [1.807, 2.05) is 36.4 Å². The summed E-state index contributed by atoms with van der Waals surface area (Å²) in [6.07, 6.45) is 0. The minimum atomic E-state index is -0.604. The Morgan fingerprint density at radius 3 is 2.38 bits per heavy atom. The molecule has 0 aliphatic carbocycles. The number of esters is 1. The highest BCUT2D eigenvalue weighted by Crippen LogP contribution is 2.28. The summed E-state index contributed by atoms with van der Waals surface area (Å²) >= 11 is 9.30. The van der Waals surface area contributed by atoms with Gasteiger partial charge in [-0.3, -0.25) is 4.79 Å². The molecule has 4 aromatic rings. The summed E-state index contributed by atoms with van der Waals surface area (Å²) in [4.78, 5) is 30.1. The van der Waals surface area contributed by atoms with Crippen molar-refractivity contribution in [1.82, 2.24) is 4.98 Å². The number of pyridine rings is 1. The molecule has 5 nitrogen and oxygen atoms in total. The molecule has 0 aliphatic heterocycles. The molecule has 0 atom stereocenters. The minimum Gasteiger partial charge on any atom is -0.497 e. The first-order valence-corrected chi connectivity index (χ1v) is 10.8. The van der Waals surface area contributed by atoms with Crippen molar-refractivity contribution in [2.24, 2.45) is 0 Å². The summed E-state index contributed by atoms with van der Waals surface area (Å²) in [6.45, 7) is -0.379. The van der Waals surface area contributed by atoms with E-state index in [-0.39, 0.29) is 12.4 Å². The highest BCUT2D eigenvalue weighted by molar-refractivity contribution is 9.10. The van der Waals surface area contributed by atoms with Crippen LogP contribution in [0.3, 0.4) is 0 Å². The SMILES string of the molecule is COc1ccc(-c2cc(C(=O)OCC(=O)c3ccc(Cl)cc3)c3cc(Br)ccc3n2)cc1. The van der Waals surface area contributed by atoms with Crippen LogP contribution in [0.2, 0.25) is 5.02 Å². The van der Waals surface area contributed by atoms with E-state index in [1.54, 1.807) is 43.5 Å². The van der Waals surface area contributed by atoms with Gasteiger partial charge in [0.1, 0.15) is 5.75 Å². The first-order chi connectivity index (χ1) is 15.4. The smallest absolute Gasteiger partial charge is 0.339 e. The Kier molecular flexibility index (Phi) is 6.53. The monoisotopic (exact) mass is 509 g/mol. The van der Waals surface area contributed by atoms with Crippen molar-refractivity contribution >= 4 is 50.2 Å². The molecule has 0 bridgehead atoms. The quantitative estimate of drug-likeness (QED) is 0.223. The summed E-state index contributed by atoms with van der Waals surface area (Å²) in [7, 11) is 1.60. The van der Waals surface area contributed by atoms with Gasteiger partial charge in [-0.15, -0.1) is 0 Å². The van der Waals surface area contributed by atoms with Crippen LogP contribution in [0, 0.1) is 0 Å². The summed E-state index contributed by atoms with van der Waals surface area (Å²) in [5.41, 5.74) is 2.81. The molecule has 0 spiro atoms. The molecule has 0 N–H and O–H groups in total. The van der Waals surface area contributed by atoms with Crippen LogP contribution in [0.15, 0.2) is 77.3 Å². The summed E-state index contributed by atoms with van der Waals surface area (Å²) in [5, 5.41) is 1.15. The van der Waals surface area contributed by atoms with Crippen LogP contribution >= 0.6 is 27.5 Å². The van der Waals surface area contributed by atoms with E-state index in [4.69, 9.17) is 21.1 Å². The first kappa shape index (κ1) is 22.0. The summed E-state index contributed by atoms with van der Waals surface area (Å²) < 4.78 is 11.4. The second-order valence-electron chi connectivity index (χ2n) is 6.95. The number of hydrogen-bond donors (Lipinski definition) is 0. The fourth-order valence-electron chi connectivity index (χ4n) is 3.20. The Bertz CT molecular complexity index is 1300. The van der Waals surface area contributed by atoms with Crippen LogP contribution in [0.1, 0.15) is 20.7 Å². The highest BCUT2D eigenvalue weighted by Gasteiger charge is 2.18. The fourth-order valence-corrected chi connectivity index (χ4v) is 3.69. The topological polar surface area (TPSA) is 65.5 Å². The van der Waals surface area contributed by atoms with E-state index in [0.717, 1.165) is 15.8 Å². The van der Waals surface area contributed by atoms with Gasteiger partial charge in [0.05, 0.1) is 23.9 Å². The number of nitrogens with zero attached hydrogens (tertiary/aromatic N) is 1. The number of ketones is 1. The van der Waals surface area contributed by atoms with E-state index in [9.17, 15) is 9.59 Å². The van der Waals surface area contributed by atoms with Crippen molar-refractivity contribution in [3.63, 3.8) is 0 Å². The number of hydrogen-bond acceptors (Lipinski definition) is 5. The molecule has 0 amide bonds. The van der Waals surface area contributed by atoms with Crippen molar-refractivity contribution in [2.45, 2.75) is 0 Å². The lowest BCUT2D eigenvalue weighted by Crippen LogP contribution is -2.15. The van der Waals surface area contributed by atoms with Crippen molar-refractivity contribution in [1.29, 1.82) is 0 Å². The Labute approximate surface area is 198 Å². The van der Waals surface area contributed by atoms with Crippen molar-refractivity contribution < 1.29 is 19.1 Å². The molecule has 0 saturated heterocycles. The number of fused-ring (bicyclic) bond motifs is 1. The number of Topliss-reactive ketones (excluding diaryl/α,β-unsaturated/α-hetero) is 1. The van der Waals surface area contributed by atoms with Crippen LogP contribution in [0.25, 0.3) is 22.2 Å². The lowest BCUT2D eigenvalue weighted by molar-refractivity contribution is 0.0476. The predicted molar refractivity (Wildman–Crippen MR) is 127 cm³/mol. The van der Waals surface area contributed by atoms with Crippen LogP contribution in [-0.2, 0) is 4.74 Å². The van der Waals surface area contributed by atoms with Gasteiger partial charge in [0.25, 0.3) is 0 Å². The molecule has 4 rings (SSSR count). The Morgan fingerprint density at radius 1 is 0.969 bits per heavy atom. The second kappa shape index (κ2) is 9.51. The van der Waals surface area contributed by atoms with Gasteiger partial charge in [-0.2, -0.15) is 0 Å². The molecule has 1 heterocycles. The van der Waals surface area contributed by atoms with E-state index < -0.39 is 5.97 Å². The zero-order valence-corrected chi connectivity index (χ0v) is 19.3. The summed E-state index contributed by atoms with van der Waals surface area (Å²) in [6, 6.07) is 21.0. The van der Waals surface area contributed by atoms with E-state index >= 15 is 0 Å². The predicted octanol–water partition coefficient (Wildman–Crippen LogP) is 6.37. The molecule has 7 heteroatoms. The van der Waals surface area contributed by atoms with Gasteiger partial charge in [-0.25, -0.2) is 9.78 Å². The van der Waals surface area contributed by atoms with Gasteiger partial charge in [0, 0.05) is 26.0 Å². The maximum atomic E-state index is 13.0. The first-order valence-electron chi connectivity index (χ1n) is 9.65. The second-order valence-corrected chi connectivity index (χ2v) is 8.30. The van der Waals surface area contributed by atoms with E-state index in [2.05, 4.69) is 20.9 Å². The largest absolute Gasteiger partial charge is 0.497 e. The van der Waals surface area contributed by atoms with E-state index in [0.29, 0.717) is 32.7 Å². The molecule has 32 heavy (non-hydrogen) atoms. The Balaban J connectivity index is 1.66. The third kappa shape index (κ3) is 4.82. The Hall–Kier alpha value is -3.22. The van der Waals surface area contributed by atoms with Crippen LogP contribution < -0.4 is 4.74 Å². The van der Waals surface area contributed by atoms with Gasteiger partial charge in [0.2, 0.25) is 0 Å². The van der Waals surface area contributed by atoms with Gasteiger partial charge >= 0.3 is 5.97 Å². The average Bonchev–Trinajstić information content (AvgIpc) is 2.82. The van der Waals surface area contributed by atoms with Gasteiger partial charge < -0.3 is 9.47 Å². The number of ether oxygens (including phenoxy) is 2. The number of carbonyl (C=O) groups excluding carboxylic acids is 2. The minimum absolute atomic E-state index is 0.315. The van der Waals surface area contributed by atoms with Crippen molar-refractivity contribution in [3.05, 3.63) is 93.4 Å². The van der Waals surface area contributed by atoms with Gasteiger partial charge in [-0.05, 0) is 72.8 Å². The zero-order valence-electron chi connectivity index (χ0n) is 17.0. The molecular formula is C25H17BrClNO4. The fraction of sp³-hybridized carbons (Fsp3) is 0.0800. The normalized spacial score (nSPS) is 10.7. The number of rotatable bonds is 6. The van der Waals surface area contributed by atoms with Crippen molar-refractivity contribution in [2.75, 3.05) is 13.7 Å².